The van der Waals surface area contributed by atoms with Crippen molar-refractivity contribution in [3.8, 4) is 0 Å². The maximum absolute atomic E-state index is 12.2. The summed E-state index contributed by atoms with van der Waals surface area (Å²) in [5.74, 6) is 0. The molecule has 3 aromatic rings. The summed E-state index contributed by atoms with van der Waals surface area (Å²) in [5.41, 5.74) is 5.67. The van der Waals surface area contributed by atoms with Crippen LogP contribution < -0.4 is 17.0 Å². The molecule has 1 aromatic carbocycles. The molecule has 21 heavy (non-hydrogen) atoms. The third kappa shape index (κ3) is 2.65. The van der Waals surface area contributed by atoms with Gasteiger partial charge in [0.2, 0.25) is 0 Å². The van der Waals surface area contributed by atoms with Crippen molar-refractivity contribution in [2.24, 2.45) is 5.73 Å². The van der Waals surface area contributed by atoms with Gasteiger partial charge >= 0.3 is 5.69 Å². The molecule has 0 aliphatic heterocycles. The number of hydrogen-bond donors (Lipinski definition) is 1. The Balaban J connectivity index is 1.99. The second kappa shape index (κ2) is 5.63. The van der Waals surface area contributed by atoms with Gasteiger partial charge in [0, 0.05) is 25.4 Å². The first-order valence-electron chi connectivity index (χ1n) is 6.54. The molecule has 0 spiro atoms. The quantitative estimate of drug-likeness (QED) is 0.766. The van der Waals surface area contributed by atoms with Crippen molar-refractivity contribution >= 4 is 21.6 Å². The second-order valence-electron chi connectivity index (χ2n) is 4.58. The van der Waals surface area contributed by atoms with Crippen LogP contribution in [0.25, 0.3) is 10.2 Å². The zero-order chi connectivity index (χ0) is 14.8. The lowest BCUT2D eigenvalue weighted by molar-refractivity contribution is 0.579. The highest BCUT2D eigenvalue weighted by molar-refractivity contribution is 7.18. The molecule has 2 heterocycles. The van der Waals surface area contributed by atoms with E-state index in [1.165, 1.54) is 16.8 Å². The van der Waals surface area contributed by atoms with E-state index in [9.17, 15) is 9.59 Å². The number of aromatic nitrogens is 3. The first kappa shape index (κ1) is 13.7. The van der Waals surface area contributed by atoms with Gasteiger partial charge in [-0.05, 0) is 12.1 Å². The summed E-state index contributed by atoms with van der Waals surface area (Å²) >= 11 is 1.54. The number of fused-ring (bicyclic) bond motifs is 1. The molecule has 2 N–H and O–H groups in total. The normalized spacial score (nSPS) is 11.1. The lowest BCUT2D eigenvalue weighted by atomic mass is 10.3. The molecule has 108 valence electrons. The molecular formula is C14H14N4O2S. The molecule has 0 aliphatic carbocycles. The number of hydrogen-bond acceptors (Lipinski definition) is 5. The van der Waals surface area contributed by atoms with Crippen LogP contribution >= 0.6 is 11.3 Å². The van der Waals surface area contributed by atoms with Crippen molar-refractivity contribution in [1.29, 1.82) is 0 Å². The van der Waals surface area contributed by atoms with E-state index in [-0.39, 0.29) is 24.3 Å². The number of thiazole rings is 1. The maximum Gasteiger partial charge on any atom is 0.331 e. The molecule has 3 rings (SSSR count). The van der Waals surface area contributed by atoms with Crippen molar-refractivity contribution in [3.63, 3.8) is 0 Å². The third-order valence-corrected chi connectivity index (χ3v) is 4.16. The number of rotatable bonds is 4. The number of benzene rings is 1. The van der Waals surface area contributed by atoms with Crippen LogP contribution in [0.2, 0.25) is 0 Å². The molecule has 0 amide bonds. The number of nitrogens with zero attached hydrogens (tertiary/aromatic N) is 3. The molecular weight excluding hydrogens is 288 g/mol. The van der Waals surface area contributed by atoms with Crippen molar-refractivity contribution in [3.05, 3.63) is 62.4 Å². The zero-order valence-corrected chi connectivity index (χ0v) is 12.0. The highest BCUT2D eigenvalue weighted by Gasteiger charge is 2.08. The minimum Gasteiger partial charge on any atom is -0.329 e. The average Bonchev–Trinajstić information content (AvgIpc) is 2.89. The van der Waals surface area contributed by atoms with Gasteiger partial charge in [0.05, 0.1) is 16.8 Å². The van der Waals surface area contributed by atoms with Crippen molar-refractivity contribution in [1.82, 2.24) is 14.1 Å². The lowest BCUT2D eigenvalue weighted by Crippen LogP contribution is -2.40. The predicted molar refractivity (Wildman–Crippen MR) is 82.7 cm³/mol. The van der Waals surface area contributed by atoms with E-state index in [0.717, 1.165) is 19.8 Å². The molecule has 0 saturated carbocycles. The molecule has 7 heteroatoms. The minimum absolute atomic E-state index is 0.221. The van der Waals surface area contributed by atoms with Gasteiger partial charge in [-0.2, -0.15) is 0 Å². The zero-order valence-electron chi connectivity index (χ0n) is 11.2. The van der Waals surface area contributed by atoms with Gasteiger partial charge in [-0.3, -0.25) is 13.9 Å². The minimum atomic E-state index is -0.354. The topological polar surface area (TPSA) is 82.9 Å². The summed E-state index contributed by atoms with van der Waals surface area (Å²) in [7, 11) is 0. The van der Waals surface area contributed by atoms with Crippen molar-refractivity contribution in [2.75, 3.05) is 6.54 Å². The van der Waals surface area contributed by atoms with Crippen LogP contribution in [-0.2, 0) is 13.1 Å². The SMILES string of the molecule is NCCn1c(=O)ccn(Cc2nc3ccccc3s2)c1=O. The Morgan fingerprint density at radius 3 is 2.76 bits per heavy atom. The van der Waals surface area contributed by atoms with E-state index >= 15 is 0 Å². The first-order valence-corrected chi connectivity index (χ1v) is 7.35. The van der Waals surface area contributed by atoms with Crippen LogP contribution in [0, 0.1) is 0 Å². The number of para-hydroxylation sites is 1. The fourth-order valence-corrected chi connectivity index (χ4v) is 3.11. The van der Waals surface area contributed by atoms with E-state index in [2.05, 4.69) is 4.98 Å². The van der Waals surface area contributed by atoms with E-state index in [0.29, 0.717) is 6.54 Å². The predicted octanol–water partition coefficient (Wildman–Crippen LogP) is 0.627. The Labute approximate surface area is 124 Å². The van der Waals surface area contributed by atoms with Crippen molar-refractivity contribution < 1.29 is 0 Å². The molecule has 0 saturated heterocycles. The van der Waals surface area contributed by atoms with E-state index in [4.69, 9.17) is 5.73 Å². The molecule has 0 aliphatic rings. The highest BCUT2D eigenvalue weighted by Crippen LogP contribution is 2.21. The van der Waals surface area contributed by atoms with Crippen LogP contribution in [0.15, 0.2) is 46.1 Å². The Hall–Kier alpha value is -2.25. The van der Waals surface area contributed by atoms with Crippen LogP contribution in [0.1, 0.15) is 5.01 Å². The molecule has 0 radical (unpaired) electrons. The summed E-state index contributed by atoms with van der Waals surface area (Å²) in [5, 5.41) is 0.830. The summed E-state index contributed by atoms with van der Waals surface area (Å²) in [6.45, 7) is 0.821. The van der Waals surface area contributed by atoms with Crippen LogP contribution in [0.4, 0.5) is 0 Å². The van der Waals surface area contributed by atoms with E-state index in [1.54, 1.807) is 11.3 Å². The second-order valence-corrected chi connectivity index (χ2v) is 5.70. The molecule has 6 nitrogen and oxygen atoms in total. The van der Waals surface area contributed by atoms with Crippen LogP contribution in [-0.4, -0.2) is 20.7 Å². The Kier molecular flexibility index (Phi) is 3.68. The Morgan fingerprint density at radius 1 is 1.19 bits per heavy atom. The highest BCUT2D eigenvalue weighted by atomic mass is 32.1. The fraction of sp³-hybridized carbons (Fsp3) is 0.214. The first-order chi connectivity index (χ1) is 10.2. The van der Waals surface area contributed by atoms with E-state index in [1.807, 2.05) is 24.3 Å². The third-order valence-electron chi connectivity index (χ3n) is 3.14. The largest absolute Gasteiger partial charge is 0.331 e. The summed E-state index contributed by atoms with van der Waals surface area (Å²) in [4.78, 5) is 28.4. The van der Waals surface area contributed by atoms with Gasteiger partial charge in [0.1, 0.15) is 5.01 Å². The standard InChI is InChI=1S/C14H14N4O2S/c15-6-8-18-13(19)5-7-17(14(18)20)9-12-16-10-3-1-2-4-11(10)21-12/h1-5,7H,6,8-9,15H2. The van der Waals surface area contributed by atoms with Gasteiger partial charge in [-0.15, -0.1) is 11.3 Å². The van der Waals surface area contributed by atoms with E-state index < -0.39 is 0 Å². The lowest BCUT2D eigenvalue weighted by Gasteiger charge is -2.07. The smallest absolute Gasteiger partial charge is 0.329 e. The fourth-order valence-electron chi connectivity index (χ4n) is 2.15. The summed E-state index contributed by atoms with van der Waals surface area (Å²) < 4.78 is 3.71. The van der Waals surface area contributed by atoms with Crippen molar-refractivity contribution in [2.45, 2.75) is 13.1 Å². The van der Waals surface area contributed by atoms with Gasteiger partial charge in [0.15, 0.2) is 0 Å². The van der Waals surface area contributed by atoms with Gasteiger partial charge in [0.25, 0.3) is 5.56 Å². The monoisotopic (exact) mass is 302 g/mol. The van der Waals surface area contributed by atoms with Gasteiger partial charge < -0.3 is 5.73 Å². The molecule has 0 atom stereocenters. The molecule has 0 bridgehead atoms. The molecule has 0 fully saturated rings. The Bertz CT molecular complexity index is 861. The van der Waals surface area contributed by atoms with Crippen LogP contribution in [0.5, 0.6) is 0 Å². The molecule has 2 aromatic heterocycles. The van der Waals surface area contributed by atoms with Crippen LogP contribution in [0.3, 0.4) is 0 Å². The summed E-state index contributed by atoms with van der Waals surface area (Å²) in [6.07, 6.45) is 1.50. The Morgan fingerprint density at radius 2 is 2.00 bits per heavy atom. The number of nitrogens with two attached hydrogens (primary N) is 1. The van der Waals surface area contributed by atoms with Gasteiger partial charge in [-0.1, -0.05) is 12.1 Å². The molecule has 0 unspecified atom stereocenters. The maximum atomic E-state index is 12.2. The summed E-state index contributed by atoms with van der Waals surface area (Å²) in [6, 6.07) is 9.20. The average molecular weight is 302 g/mol. The van der Waals surface area contributed by atoms with Gasteiger partial charge in [-0.25, -0.2) is 9.78 Å².